The number of hydrogen-bond donors (Lipinski definition) is 0. The van der Waals surface area contributed by atoms with Gasteiger partial charge in [-0.25, -0.2) is 0 Å². The van der Waals surface area contributed by atoms with Crippen LogP contribution in [0, 0.1) is 6.92 Å². The number of nitrogens with zero attached hydrogens (tertiary/aromatic N) is 2. The largest absolute Gasteiger partial charge is 0.366 e. The number of epoxide rings is 1. The molecule has 1 aromatic heterocycles. The summed E-state index contributed by atoms with van der Waals surface area (Å²) in [7, 11) is 1.95. The molecule has 10 heavy (non-hydrogen) atoms. The van der Waals surface area contributed by atoms with E-state index in [4.69, 9.17) is 4.74 Å². The van der Waals surface area contributed by atoms with E-state index in [2.05, 4.69) is 11.2 Å². The zero-order chi connectivity index (χ0) is 7.14. The average molecular weight is 138 g/mol. The summed E-state index contributed by atoms with van der Waals surface area (Å²) in [4.78, 5) is 0. The highest BCUT2D eigenvalue weighted by Crippen LogP contribution is 2.28. The Morgan fingerprint density at radius 1 is 1.80 bits per heavy atom. The molecule has 1 saturated heterocycles. The van der Waals surface area contributed by atoms with E-state index in [0.717, 1.165) is 12.3 Å². The lowest BCUT2D eigenvalue weighted by Crippen LogP contribution is -1.92. The van der Waals surface area contributed by atoms with Crippen molar-refractivity contribution in [3.8, 4) is 0 Å². The SMILES string of the molecule is Cc1cc(C2CO2)nn1C. The minimum absolute atomic E-state index is 0.292. The van der Waals surface area contributed by atoms with Crippen LogP contribution in [0.4, 0.5) is 0 Å². The Balaban J connectivity index is 2.34. The third-order valence-electron chi connectivity index (χ3n) is 1.80. The van der Waals surface area contributed by atoms with Gasteiger partial charge in [-0.05, 0) is 13.0 Å². The topological polar surface area (TPSA) is 30.4 Å². The maximum Gasteiger partial charge on any atom is 0.125 e. The highest BCUT2D eigenvalue weighted by molar-refractivity contribution is 5.13. The standard InChI is InChI=1S/C7H10N2O/c1-5-3-6(7-4-10-7)8-9(5)2/h3,7H,4H2,1-2H3. The lowest BCUT2D eigenvalue weighted by Gasteiger charge is -1.88. The van der Waals surface area contributed by atoms with E-state index in [0.29, 0.717) is 6.10 Å². The maximum atomic E-state index is 5.09. The second kappa shape index (κ2) is 1.83. The van der Waals surface area contributed by atoms with Crippen molar-refractivity contribution in [2.45, 2.75) is 13.0 Å². The predicted octanol–water partition coefficient (Wildman–Crippen LogP) is 0.800. The van der Waals surface area contributed by atoms with Gasteiger partial charge in [0.2, 0.25) is 0 Å². The summed E-state index contributed by atoms with van der Waals surface area (Å²) in [6.45, 7) is 2.88. The summed E-state index contributed by atoms with van der Waals surface area (Å²) in [6.07, 6.45) is 0.292. The normalized spacial score (nSPS) is 23.2. The molecule has 1 atom stereocenters. The van der Waals surface area contributed by atoms with Crippen LogP contribution in [0.2, 0.25) is 0 Å². The van der Waals surface area contributed by atoms with Crippen LogP contribution >= 0.6 is 0 Å². The van der Waals surface area contributed by atoms with Crippen LogP contribution in [0.3, 0.4) is 0 Å². The molecule has 1 aliphatic heterocycles. The first-order valence-corrected chi connectivity index (χ1v) is 3.39. The zero-order valence-electron chi connectivity index (χ0n) is 6.16. The summed E-state index contributed by atoms with van der Waals surface area (Å²) in [5.41, 5.74) is 2.26. The molecule has 0 aromatic carbocycles. The molecule has 0 radical (unpaired) electrons. The van der Waals surface area contributed by atoms with Gasteiger partial charge in [-0.3, -0.25) is 4.68 Å². The van der Waals surface area contributed by atoms with Gasteiger partial charge in [-0.15, -0.1) is 0 Å². The van der Waals surface area contributed by atoms with Gasteiger partial charge < -0.3 is 4.74 Å². The van der Waals surface area contributed by atoms with Crippen molar-refractivity contribution in [2.75, 3.05) is 6.61 Å². The molecule has 3 heteroatoms. The molecule has 54 valence electrons. The first-order chi connectivity index (χ1) is 4.77. The Morgan fingerprint density at radius 2 is 2.50 bits per heavy atom. The lowest BCUT2D eigenvalue weighted by molar-refractivity contribution is 0.409. The van der Waals surface area contributed by atoms with E-state index >= 15 is 0 Å². The third kappa shape index (κ3) is 0.827. The van der Waals surface area contributed by atoms with Crippen LogP contribution in [0.1, 0.15) is 17.5 Å². The Morgan fingerprint density at radius 3 is 2.90 bits per heavy atom. The molecular weight excluding hydrogens is 128 g/mol. The minimum atomic E-state index is 0.292. The summed E-state index contributed by atoms with van der Waals surface area (Å²) in [5.74, 6) is 0. The quantitative estimate of drug-likeness (QED) is 0.537. The zero-order valence-corrected chi connectivity index (χ0v) is 6.16. The van der Waals surface area contributed by atoms with Gasteiger partial charge in [0.05, 0.1) is 12.3 Å². The van der Waals surface area contributed by atoms with Crippen LogP contribution in [0.5, 0.6) is 0 Å². The van der Waals surface area contributed by atoms with Gasteiger partial charge in [-0.1, -0.05) is 0 Å². The molecule has 0 saturated carbocycles. The van der Waals surface area contributed by atoms with Crippen LogP contribution in [0.25, 0.3) is 0 Å². The fourth-order valence-corrected chi connectivity index (χ4v) is 0.965. The van der Waals surface area contributed by atoms with Gasteiger partial charge in [-0.2, -0.15) is 5.10 Å². The summed E-state index contributed by atoms with van der Waals surface area (Å²) < 4.78 is 6.96. The van der Waals surface area contributed by atoms with Crippen LogP contribution in [-0.2, 0) is 11.8 Å². The van der Waals surface area contributed by atoms with Crippen molar-refractivity contribution in [1.82, 2.24) is 9.78 Å². The molecule has 3 nitrogen and oxygen atoms in total. The van der Waals surface area contributed by atoms with Crippen molar-refractivity contribution in [3.63, 3.8) is 0 Å². The van der Waals surface area contributed by atoms with Crippen LogP contribution in [0.15, 0.2) is 6.07 Å². The predicted molar refractivity (Wildman–Crippen MR) is 36.6 cm³/mol. The first kappa shape index (κ1) is 5.92. The summed E-state index contributed by atoms with van der Waals surface area (Å²) >= 11 is 0. The van der Waals surface area contributed by atoms with E-state index in [-0.39, 0.29) is 0 Å². The Kier molecular flexibility index (Phi) is 1.08. The number of rotatable bonds is 1. The molecule has 0 aliphatic carbocycles. The van der Waals surface area contributed by atoms with Gasteiger partial charge in [0, 0.05) is 12.7 Å². The first-order valence-electron chi connectivity index (χ1n) is 3.39. The van der Waals surface area contributed by atoms with Crippen LogP contribution in [-0.4, -0.2) is 16.4 Å². The fourth-order valence-electron chi connectivity index (χ4n) is 0.965. The highest BCUT2D eigenvalue weighted by Gasteiger charge is 2.27. The molecule has 0 amide bonds. The van der Waals surface area contributed by atoms with Gasteiger partial charge in [0.25, 0.3) is 0 Å². The van der Waals surface area contributed by atoms with E-state index in [9.17, 15) is 0 Å². The highest BCUT2D eigenvalue weighted by atomic mass is 16.6. The van der Waals surface area contributed by atoms with Gasteiger partial charge in [0.1, 0.15) is 6.10 Å². The number of aromatic nitrogens is 2. The average Bonchev–Trinajstić information content (AvgIpc) is 2.64. The molecular formula is C7H10N2O. The number of aryl methyl sites for hydroxylation is 2. The summed E-state index contributed by atoms with van der Waals surface area (Å²) in [6, 6.07) is 2.07. The van der Waals surface area contributed by atoms with E-state index in [1.54, 1.807) is 0 Å². The molecule has 1 aliphatic rings. The fraction of sp³-hybridized carbons (Fsp3) is 0.571. The molecule has 1 fully saturated rings. The second-order valence-electron chi connectivity index (χ2n) is 2.66. The van der Waals surface area contributed by atoms with Gasteiger partial charge in [0.15, 0.2) is 0 Å². The molecule has 1 aromatic rings. The van der Waals surface area contributed by atoms with E-state index in [1.807, 2.05) is 18.7 Å². The Hall–Kier alpha value is -0.830. The molecule has 0 N–H and O–H groups in total. The van der Waals surface area contributed by atoms with Crippen molar-refractivity contribution in [2.24, 2.45) is 7.05 Å². The van der Waals surface area contributed by atoms with Crippen LogP contribution < -0.4 is 0 Å². The van der Waals surface area contributed by atoms with Crippen molar-refractivity contribution in [3.05, 3.63) is 17.5 Å². The molecule has 0 bridgehead atoms. The van der Waals surface area contributed by atoms with E-state index in [1.165, 1.54) is 5.69 Å². The van der Waals surface area contributed by atoms with Crippen molar-refractivity contribution < 1.29 is 4.74 Å². The maximum absolute atomic E-state index is 5.09. The second-order valence-corrected chi connectivity index (χ2v) is 2.66. The van der Waals surface area contributed by atoms with E-state index < -0.39 is 0 Å². The lowest BCUT2D eigenvalue weighted by atomic mass is 10.3. The number of hydrogen-bond acceptors (Lipinski definition) is 2. The molecule has 0 spiro atoms. The molecule has 2 heterocycles. The molecule has 2 rings (SSSR count). The minimum Gasteiger partial charge on any atom is -0.366 e. The van der Waals surface area contributed by atoms with Crippen molar-refractivity contribution in [1.29, 1.82) is 0 Å². The third-order valence-corrected chi connectivity index (χ3v) is 1.80. The Bertz CT molecular complexity index is 231. The van der Waals surface area contributed by atoms with Crippen molar-refractivity contribution >= 4 is 0 Å². The Labute approximate surface area is 59.6 Å². The van der Waals surface area contributed by atoms with Gasteiger partial charge >= 0.3 is 0 Å². The summed E-state index contributed by atoms with van der Waals surface area (Å²) in [5, 5.41) is 4.26. The number of ether oxygens (including phenoxy) is 1. The molecule has 1 unspecified atom stereocenters. The monoisotopic (exact) mass is 138 g/mol. The smallest absolute Gasteiger partial charge is 0.125 e.